The summed E-state index contributed by atoms with van der Waals surface area (Å²) in [6.45, 7) is 5.41. The number of ether oxygens (including phenoxy) is 1. The molecule has 0 aromatic heterocycles. The van der Waals surface area contributed by atoms with Crippen LogP contribution in [-0.4, -0.2) is 32.0 Å². The number of hydrogen-bond acceptors (Lipinski definition) is 4. The minimum atomic E-state index is -3.97. The number of alkyl halides is 1. The molecule has 0 saturated heterocycles. The average molecular weight is 327 g/mol. The lowest BCUT2D eigenvalue weighted by atomic mass is 9.79. The van der Waals surface area contributed by atoms with Gasteiger partial charge in [0.1, 0.15) is 0 Å². The largest absolute Gasteiger partial charge is 0.446 e. The molecule has 1 aliphatic rings. The van der Waals surface area contributed by atoms with Gasteiger partial charge in [0.2, 0.25) is 0 Å². The zero-order chi connectivity index (χ0) is 15.4. The molecule has 1 saturated carbocycles. The SMILES string of the molecule is CC1CCC(CCl)(NS(=O)(=O)NC(=O)OC(C)C)CC1. The van der Waals surface area contributed by atoms with E-state index in [2.05, 4.69) is 11.6 Å². The maximum absolute atomic E-state index is 12.0. The molecule has 0 aromatic rings. The van der Waals surface area contributed by atoms with Crippen LogP contribution in [-0.2, 0) is 14.9 Å². The molecular formula is C12H23ClN2O4S. The number of halogens is 1. The molecule has 8 heteroatoms. The van der Waals surface area contributed by atoms with Gasteiger partial charge in [-0.15, -0.1) is 11.6 Å². The quantitative estimate of drug-likeness (QED) is 0.758. The fraction of sp³-hybridized carbons (Fsp3) is 0.917. The van der Waals surface area contributed by atoms with Crippen molar-refractivity contribution in [1.82, 2.24) is 9.44 Å². The van der Waals surface area contributed by atoms with Crippen LogP contribution in [0.25, 0.3) is 0 Å². The van der Waals surface area contributed by atoms with Crippen molar-refractivity contribution in [3.05, 3.63) is 0 Å². The molecule has 6 nitrogen and oxygen atoms in total. The van der Waals surface area contributed by atoms with Crippen molar-refractivity contribution in [2.75, 3.05) is 5.88 Å². The molecule has 118 valence electrons. The number of amides is 1. The highest BCUT2D eigenvalue weighted by molar-refractivity contribution is 7.88. The molecule has 0 bridgehead atoms. The van der Waals surface area contributed by atoms with Gasteiger partial charge in [0.05, 0.1) is 6.10 Å². The van der Waals surface area contributed by atoms with Gasteiger partial charge in [-0.1, -0.05) is 6.92 Å². The standard InChI is InChI=1S/C12H23ClN2O4S/c1-9(2)19-11(16)14-20(17,18)15-12(8-13)6-4-10(3)5-7-12/h9-10,15H,4-8H2,1-3H3,(H,14,16). The lowest BCUT2D eigenvalue weighted by molar-refractivity contribution is 0.121. The minimum absolute atomic E-state index is 0.180. The lowest BCUT2D eigenvalue weighted by Crippen LogP contribution is -2.56. The fourth-order valence-electron chi connectivity index (χ4n) is 2.24. The Morgan fingerprint density at radius 1 is 1.40 bits per heavy atom. The van der Waals surface area contributed by atoms with Crippen molar-refractivity contribution < 1.29 is 17.9 Å². The Morgan fingerprint density at radius 2 is 1.95 bits per heavy atom. The Kier molecular flexibility index (Phi) is 6.09. The van der Waals surface area contributed by atoms with Crippen LogP contribution in [0.15, 0.2) is 0 Å². The van der Waals surface area contributed by atoms with E-state index in [1.165, 1.54) is 0 Å². The maximum atomic E-state index is 12.0. The molecule has 0 aromatic carbocycles. The monoisotopic (exact) mass is 326 g/mol. The Labute approximate surface area is 125 Å². The Morgan fingerprint density at radius 3 is 2.40 bits per heavy atom. The number of hydrogen-bond donors (Lipinski definition) is 2. The molecule has 2 N–H and O–H groups in total. The van der Waals surface area contributed by atoms with Crippen molar-refractivity contribution in [3.8, 4) is 0 Å². The molecule has 1 fully saturated rings. The highest BCUT2D eigenvalue weighted by Gasteiger charge is 2.37. The van der Waals surface area contributed by atoms with E-state index in [-0.39, 0.29) is 12.0 Å². The summed E-state index contributed by atoms with van der Waals surface area (Å²) in [6, 6.07) is 0. The van der Waals surface area contributed by atoms with E-state index < -0.39 is 21.8 Å². The zero-order valence-corrected chi connectivity index (χ0v) is 13.7. The van der Waals surface area contributed by atoms with Crippen LogP contribution >= 0.6 is 11.6 Å². The molecule has 0 unspecified atom stereocenters. The van der Waals surface area contributed by atoms with Crippen molar-refractivity contribution in [2.45, 2.75) is 58.1 Å². The van der Waals surface area contributed by atoms with E-state index in [4.69, 9.17) is 16.3 Å². The molecular weight excluding hydrogens is 304 g/mol. The predicted octanol–water partition coefficient (Wildman–Crippen LogP) is 2.14. The number of rotatable bonds is 5. The van der Waals surface area contributed by atoms with Crippen LogP contribution in [0.1, 0.15) is 46.5 Å². The Bertz CT molecular complexity index is 431. The van der Waals surface area contributed by atoms with Gasteiger partial charge in [0.15, 0.2) is 0 Å². The Balaban J connectivity index is 2.66. The number of carbonyl (C=O) groups is 1. The highest BCUT2D eigenvalue weighted by Crippen LogP contribution is 2.33. The first-order valence-corrected chi connectivity index (χ1v) is 8.78. The van der Waals surface area contributed by atoms with Crippen LogP contribution in [0, 0.1) is 5.92 Å². The summed E-state index contributed by atoms with van der Waals surface area (Å²) in [5, 5.41) is 0. The van der Waals surface area contributed by atoms with E-state index in [1.807, 2.05) is 4.72 Å². The third-order valence-corrected chi connectivity index (χ3v) is 5.05. The fourth-order valence-corrected chi connectivity index (χ4v) is 3.81. The van der Waals surface area contributed by atoms with E-state index in [9.17, 15) is 13.2 Å². The summed E-state index contributed by atoms with van der Waals surface area (Å²) >= 11 is 5.94. The smallest absolute Gasteiger partial charge is 0.422 e. The molecule has 0 heterocycles. The average Bonchev–Trinajstić information content (AvgIpc) is 2.30. The van der Waals surface area contributed by atoms with Gasteiger partial charge in [-0.2, -0.15) is 13.1 Å². The molecule has 1 aliphatic carbocycles. The van der Waals surface area contributed by atoms with Gasteiger partial charge < -0.3 is 4.74 Å². The van der Waals surface area contributed by atoms with E-state index >= 15 is 0 Å². The lowest BCUT2D eigenvalue weighted by Gasteiger charge is -2.38. The van der Waals surface area contributed by atoms with Crippen LogP contribution in [0.4, 0.5) is 4.79 Å². The van der Waals surface area contributed by atoms with Gasteiger partial charge in [0, 0.05) is 11.4 Å². The Hall–Kier alpha value is -0.530. The molecule has 0 radical (unpaired) electrons. The second-order valence-corrected chi connectivity index (χ2v) is 7.44. The summed E-state index contributed by atoms with van der Waals surface area (Å²) in [5.41, 5.74) is -0.683. The van der Waals surface area contributed by atoms with Crippen LogP contribution < -0.4 is 9.44 Å². The van der Waals surface area contributed by atoms with E-state index in [0.717, 1.165) is 12.8 Å². The van der Waals surface area contributed by atoms with Gasteiger partial charge in [-0.3, -0.25) is 0 Å². The van der Waals surface area contributed by atoms with Crippen molar-refractivity contribution in [2.24, 2.45) is 5.92 Å². The summed E-state index contributed by atoms with van der Waals surface area (Å²) in [7, 11) is -3.97. The van der Waals surface area contributed by atoms with Gasteiger partial charge >= 0.3 is 16.3 Å². The third kappa shape index (κ3) is 5.46. The first-order chi connectivity index (χ1) is 9.18. The van der Waals surface area contributed by atoms with E-state index in [0.29, 0.717) is 18.8 Å². The molecule has 1 rings (SSSR count). The van der Waals surface area contributed by atoms with Crippen molar-refractivity contribution in [1.29, 1.82) is 0 Å². The number of carbonyl (C=O) groups excluding carboxylic acids is 1. The minimum Gasteiger partial charge on any atom is -0.446 e. The number of nitrogens with one attached hydrogen (secondary N) is 2. The summed E-state index contributed by atoms with van der Waals surface area (Å²) in [6.07, 6.45) is 1.77. The molecule has 1 amide bonds. The molecule has 0 aliphatic heterocycles. The zero-order valence-electron chi connectivity index (χ0n) is 12.1. The van der Waals surface area contributed by atoms with Gasteiger partial charge in [-0.25, -0.2) is 9.52 Å². The normalized spacial score (nSPS) is 27.4. The van der Waals surface area contributed by atoms with Crippen LogP contribution in [0.5, 0.6) is 0 Å². The van der Waals surface area contributed by atoms with Crippen LogP contribution in [0.2, 0.25) is 0 Å². The van der Waals surface area contributed by atoms with Crippen molar-refractivity contribution in [3.63, 3.8) is 0 Å². The van der Waals surface area contributed by atoms with Crippen LogP contribution in [0.3, 0.4) is 0 Å². The summed E-state index contributed by atoms with van der Waals surface area (Å²) in [5.74, 6) is 0.745. The summed E-state index contributed by atoms with van der Waals surface area (Å²) in [4.78, 5) is 11.4. The molecule has 0 atom stereocenters. The van der Waals surface area contributed by atoms with Gasteiger partial charge in [-0.05, 0) is 45.4 Å². The second-order valence-electron chi connectivity index (χ2n) is 5.76. The topological polar surface area (TPSA) is 84.5 Å². The van der Waals surface area contributed by atoms with E-state index in [1.54, 1.807) is 13.8 Å². The second kappa shape index (κ2) is 6.95. The predicted molar refractivity (Wildman–Crippen MR) is 77.9 cm³/mol. The van der Waals surface area contributed by atoms with Gasteiger partial charge in [0.25, 0.3) is 0 Å². The highest BCUT2D eigenvalue weighted by atomic mass is 35.5. The maximum Gasteiger partial charge on any atom is 0.422 e. The molecule has 0 spiro atoms. The first-order valence-electron chi connectivity index (χ1n) is 6.76. The summed E-state index contributed by atoms with van der Waals surface area (Å²) < 4.78 is 33.0. The first kappa shape index (κ1) is 17.5. The molecule has 20 heavy (non-hydrogen) atoms. The van der Waals surface area contributed by atoms with Crippen molar-refractivity contribution >= 4 is 27.9 Å². The third-order valence-electron chi connectivity index (χ3n) is 3.40.